The highest BCUT2D eigenvalue weighted by atomic mass is 19.2. The molecule has 0 aliphatic rings. The summed E-state index contributed by atoms with van der Waals surface area (Å²) in [7, 11) is 0. The number of aromatic nitrogens is 3. The second-order valence-electron chi connectivity index (χ2n) is 6.39. The minimum Gasteiger partial charge on any atom is -0.441 e. The van der Waals surface area contributed by atoms with Gasteiger partial charge in [-0.15, -0.1) is 0 Å². The predicted octanol–water partition coefficient (Wildman–Crippen LogP) is 3.29. The van der Waals surface area contributed by atoms with Crippen molar-refractivity contribution in [1.29, 1.82) is 0 Å². The normalized spacial score (nSPS) is 11.0. The van der Waals surface area contributed by atoms with Gasteiger partial charge in [-0.05, 0) is 31.2 Å². The first-order chi connectivity index (χ1) is 13.9. The minimum atomic E-state index is -1.11. The van der Waals surface area contributed by atoms with Crippen LogP contribution in [0.5, 0.6) is 0 Å². The third kappa shape index (κ3) is 3.52. The summed E-state index contributed by atoms with van der Waals surface area (Å²) in [6.45, 7) is 1.76. The monoisotopic (exact) mass is 395 g/mol. The second-order valence-corrected chi connectivity index (χ2v) is 6.39. The molecule has 0 N–H and O–H groups in total. The van der Waals surface area contributed by atoms with Gasteiger partial charge in [0.1, 0.15) is 11.5 Å². The van der Waals surface area contributed by atoms with Crippen LogP contribution in [0.2, 0.25) is 0 Å². The summed E-state index contributed by atoms with van der Waals surface area (Å²) < 4.78 is 34.4. The average molecular weight is 395 g/mol. The van der Waals surface area contributed by atoms with E-state index in [1.807, 2.05) is 30.3 Å². The number of hydrogen-bond acceptors (Lipinski definition) is 4. The SMILES string of the molecule is Cc1oc(-c2ccccc2)nc1Cn1ccn(-c2ccc(F)c(F)c2)c(=O)c1=O. The summed E-state index contributed by atoms with van der Waals surface area (Å²) in [5.74, 6) is -1.20. The average Bonchev–Trinajstić information content (AvgIpc) is 3.09. The Hall–Kier alpha value is -3.81. The van der Waals surface area contributed by atoms with Crippen LogP contribution in [0.1, 0.15) is 11.5 Å². The first-order valence-electron chi connectivity index (χ1n) is 8.73. The summed E-state index contributed by atoms with van der Waals surface area (Å²) in [5.41, 5.74) is -0.343. The van der Waals surface area contributed by atoms with Crippen LogP contribution in [0.15, 0.2) is 74.9 Å². The van der Waals surface area contributed by atoms with E-state index in [-0.39, 0.29) is 12.2 Å². The molecule has 2 aromatic carbocycles. The van der Waals surface area contributed by atoms with Crippen LogP contribution in [0.3, 0.4) is 0 Å². The number of rotatable bonds is 4. The summed E-state index contributed by atoms with van der Waals surface area (Å²) >= 11 is 0. The highest BCUT2D eigenvalue weighted by Gasteiger charge is 2.14. The van der Waals surface area contributed by atoms with E-state index in [4.69, 9.17) is 4.42 Å². The van der Waals surface area contributed by atoms with Crippen LogP contribution in [-0.2, 0) is 6.54 Å². The molecular formula is C21H15F2N3O3. The molecule has 0 unspecified atom stereocenters. The Morgan fingerprint density at radius 1 is 0.966 bits per heavy atom. The molecule has 29 heavy (non-hydrogen) atoms. The Morgan fingerprint density at radius 2 is 1.72 bits per heavy atom. The largest absolute Gasteiger partial charge is 0.441 e. The molecule has 146 valence electrons. The number of halogens is 2. The minimum absolute atomic E-state index is 0.0366. The zero-order valence-corrected chi connectivity index (χ0v) is 15.3. The van der Waals surface area contributed by atoms with Crippen molar-refractivity contribution < 1.29 is 13.2 Å². The molecule has 4 rings (SSSR count). The van der Waals surface area contributed by atoms with Crippen molar-refractivity contribution >= 4 is 0 Å². The molecule has 0 saturated heterocycles. The van der Waals surface area contributed by atoms with Crippen LogP contribution >= 0.6 is 0 Å². The molecule has 0 aliphatic carbocycles. The third-order valence-corrected chi connectivity index (χ3v) is 4.47. The predicted molar refractivity (Wildman–Crippen MR) is 102 cm³/mol. The molecule has 2 heterocycles. The molecule has 0 radical (unpaired) electrons. The molecule has 0 fully saturated rings. The molecule has 0 amide bonds. The summed E-state index contributed by atoms with van der Waals surface area (Å²) in [5, 5.41) is 0. The maximum atomic E-state index is 13.5. The van der Waals surface area contributed by atoms with Crippen molar-refractivity contribution in [1.82, 2.24) is 14.1 Å². The zero-order chi connectivity index (χ0) is 20.5. The Morgan fingerprint density at radius 3 is 2.45 bits per heavy atom. The third-order valence-electron chi connectivity index (χ3n) is 4.47. The van der Waals surface area contributed by atoms with Gasteiger partial charge in [-0.2, -0.15) is 0 Å². The number of nitrogens with zero attached hydrogens (tertiary/aromatic N) is 3. The van der Waals surface area contributed by atoms with E-state index < -0.39 is 22.8 Å². The molecule has 0 atom stereocenters. The lowest BCUT2D eigenvalue weighted by atomic mass is 10.2. The molecule has 0 aliphatic heterocycles. The summed E-state index contributed by atoms with van der Waals surface area (Å²) in [6.07, 6.45) is 2.71. The van der Waals surface area contributed by atoms with Crippen molar-refractivity contribution in [3.8, 4) is 17.1 Å². The lowest BCUT2D eigenvalue weighted by Gasteiger charge is -2.08. The Balaban J connectivity index is 1.68. The van der Waals surface area contributed by atoms with Gasteiger partial charge in [-0.1, -0.05) is 18.2 Å². The Kier molecular flexibility index (Phi) is 4.67. The molecule has 0 bridgehead atoms. The maximum absolute atomic E-state index is 13.5. The summed E-state index contributed by atoms with van der Waals surface area (Å²) in [6, 6.07) is 12.3. The summed E-state index contributed by atoms with van der Waals surface area (Å²) in [4.78, 5) is 29.4. The fourth-order valence-electron chi connectivity index (χ4n) is 2.91. The van der Waals surface area contributed by atoms with E-state index in [1.54, 1.807) is 6.92 Å². The number of aryl methyl sites for hydroxylation is 1. The van der Waals surface area contributed by atoms with Crippen molar-refractivity contribution in [2.24, 2.45) is 0 Å². The van der Waals surface area contributed by atoms with Gasteiger partial charge in [0.25, 0.3) is 0 Å². The van der Waals surface area contributed by atoms with E-state index in [1.165, 1.54) is 23.0 Å². The molecule has 2 aromatic heterocycles. The second kappa shape index (κ2) is 7.31. The number of hydrogen-bond donors (Lipinski definition) is 0. The molecule has 0 saturated carbocycles. The lowest BCUT2D eigenvalue weighted by Crippen LogP contribution is -2.40. The van der Waals surface area contributed by atoms with Crippen LogP contribution in [-0.4, -0.2) is 14.1 Å². The van der Waals surface area contributed by atoms with E-state index in [2.05, 4.69) is 4.98 Å². The number of oxazole rings is 1. The fraction of sp³-hybridized carbons (Fsp3) is 0.0952. The highest BCUT2D eigenvalue weighted by molar-refractivity contribution is 5.53. The molecular weight excluding hydrogens is 380 g/mol. The van der Waals surface area contributed by atoms with Gasteiger partial charge in [0.2, 0.25) is 5.89 Å². The van der Waals surface area contributed by atoms with E-state index in [9.17, 15) is 18.4 Å². The standard InChI is InChI=1S/C21H15F2N3O3/c1-13-18(24-19(29-13)14-5-3-2-4-6-14)12-25-9-10-26(21(28)20(25)27)15-7-8-16(22)17(23)11-15/h2-11H,12H2,1H3. The van der Waals surface area contributed by atoms with Crippen LogP contribution in [0.4, 0.5) is 8.78 Å². The molecule has 4 aromatic rings. The van der Waals surface area contributed by atoms with Crippen molar-refractivity contribution in [3.63, 3.8) is 0 Å². The lowest BCUT2D eigenvalue weighted by molar-refractivity contribution is 0.507. The quantitative estimate of drug-likeness (QED) is 0.497. The highest BCUT2D eigenvalue weighted by Crippen LogP contribution is 2.21. The number of benzene rings is 2. The van der Waals surface area contributed by atoms with Gasteiger partial charge in [0.15, 0.2) is 11.6 Å². The van der Waals surface area contributed by atoms with Crippen LogP contribution in [0, 0.1) is 18.6 Å². The van der Waals surface area contributed by atoms with Crippen molar-refractivity contribution in [3.05, 3.63) is 105 Å². The van der Waals surface area contributed by atoms with Gasteiger partial charge >= 0.3 is 11.1 Å². The van der Waals surface area contributed by atoms with E-state index in [0.29, 0.717) is 17.3 Å². The van der Waals surface area contributed by atoms with Gasteiger partial charge in [-0.25, -0.2) is 13.8 Å². The Bertz CT molecular complexity index is 1310. The van der Waals surface area contributed by atoms with E-state index >= 15 is 0 Å². The van der Waals surface area contributed by atoms with Gasteiger partial charge < -0.3 is 8.98 Å². The van der Waals surface area contributed by atoms with Crippen molar-refractivity contribution in [2.75, 3.05) is 0 Å². The van der Waals surface area contributed by atoms with E-state index in [0.717, 1.165) is 22.3 Å². The first kappa shape index (κ1) is 18.5. The van der Waals surface area contributed by atoms with Gasteiger partial charge in [0.05, 0.1) is 12.2 Å². The van der Waals surface area contributed by atoms with Crippen LogP contribution < -0.4 is 11.1 Å². The fourth-order valence-corrected chi connectivity index (χ4v) is 2.91. The van der Waals surface area contributed by atoms with Gasteiger partial charge in [0, 0.05) is 24.0 Å². The molecule has 6 nitrogen and oxygen atoms in total. The zero-order valence-electron chi connectivity index (χ0n) is 15.3. The van der Waals surface area contributed by atoms with Crippen molar-refractivity contribution in [2.45, 2.75) is 13.5 Å². The molecule has 8 heteroatoms. The van der Waals surface area contributed by atoms with Crippen LogP contribution in [0.25, 0.3) is 17.1 Å². The molecule has 0 spiro atoms. The topological polar surface area (TPSA) is 70.0 Å². The van der Waals surface area contributed by atoms with Gasteiger partial charge in [-0.3, -0.25) is 14.2 Å². The smallest absolute Gasteiger partial charge is 0.320 e. The Labute approximate surface area is 163 Å². The first-order valence-corrected chi connectivity index (χ1v) is 8.73. The maximum Gasteiger partial charge on any atom is 0.320 e.